The lowest BCUT2D eigenvalue weighted by molar-refractivity contribution is 0.1000. The smallest absolute Gasteiger partial charge is 0.248 e. The van der Waals surface area contributed by atoms with Crippen molar-refractivity contribution in [2.24, 2.45) is 5.73 Å². The third-order valence-corrected chi connectivity index (χ3v) is 3.85. The minimum Gasteiger partial charge on any atom is -0.398 e. The van der Waals surface area contributed by atoms with Crippen LogP contribution in [0.2, 0.25) is 0 Å². The summed E-state index contributed by atoms with van der Waals surface area (Å²) >= 11 is 0. The highest BCUT2D eigenvalue weighted by atomic mass is 16.1. The standard InChI is InChI=1S/C18H26N2O/c1-12(2)14(4)7-5-13(3)6-8-15-11-16(18(20)21)9-10-17(15)19/h6,9-11H,5,7-8,19H2,1-4H3,(H2,20,21)/b13-6-. The summed E-state index contributed by atoms with van der Waals surface area (Å²) in [6, 6.07) is 5.19. The van der Waals surface area contributed by atoms with E-state index in [9.17, 15) is 4.79 Å². The van der Waals surface area contributed by atoms with Gasteiger partial charge in [-0.25, -0.2) is 0 Å². The summed E-state index contributed by atoms with van der Waals surface area (Å²) in [5.41, 5.74) is 17.6. The Morgan fingerprint density at radius 2 is 1.81 bits per heavy atom. The van der Waals surface area contributed by atoms with Gasteiger partial charge in [-0.3, -0.25) is 4.79 Å². The molecule has 3 nitrogen and oxygen atoms in total. The minimum atomic E-state index is -0.420. The summed E-state index contributed by atoms with van der Waals surface area (Å²) in [6.07, 6.45) is 5.04. The molecule has 0 bridgehead atoms. The SMILES string of the molecule is CC(C)=C(C)CC/C(C)=C\Cc1cc(C(N)=O)ccc1N. The van der Waals surface area contributed by atoms with Crippen LogP contribution >= 0.6 is 0 Å². The number of amides is 1. The number of hydrogen-bond donors (Lipinski definition) is 2. The summed E-state index contributed by atoms with van der Waals surface area (Å²) < 4.78 is 0. The number of nitrogen functional groups attached to an aromatic ring is 1. The Labute approximate surface area is 127 Å². The van der Waals surface area contributed by atoms with Gasteiger partial charge in [-0.2, -0.15) is 0 Å². The number of allylic oxidation sites excluding steroid dienone is 4. The van der Waals surface area contributed by atoms with Crippen LogP contribution in [0.4, 0.5) is 5.69 Å². The maximum Gasteiger partial charge on any atom is 0.248 e. The molecule has 0 atom stereocenters. The Balaban J connectivity index is 2.73. The zero-order valence-corrected chi connectivity index (χ0v) is 13.5. The first-order chi connectivity index (χ1) is 9.81. The third kappa shape index (κ3) is 5.46. The monoisotopic (exact) mass is 286 g/mol. The highest BCUT2D eigenvalue weighted by Crippen LogP contribution is 2.18. The van der Waals surface area contributed by atoms with Gasteiger partial charge in [0, 0.05) is 11.3 Å². The average Bonchev–Trinajstić information content (AvgIpc) is 2.43. The first kappa shape index (κ1) is 17.0. The molecule has 0 aliphatic heterocycles. The fourth-order valence-corrected chi connectivity index (χ4v) is 1.96. The normalized spacial score (nSPS) is 11.3. The van der Waals surface area contributed by atoms with E-state index in [2.05, 4.69) is 33.8 Å². The second kappa shape index (κ2) is 7.67. The van der Waals surface area contributed by atoms with Crippen LogP contribution in [0.15, 0.2) is 41.0 Å². The van der Waals surface area contributed by atoms with Crippen molar-refractivity contribution in [2.75, 3.05) is 5.73 Å². The third-order valence-electron chi connectivity index (χ3n) is 3.85. The number of benzene rings is 1. The quantitative estimate of drug-likeness (QED) is 0.613. The van der Waals surface area contributed by atoms with Crippen molar-refractivity contribution in [2.45, 2.75) is 47.0 Å². The summed E-state index contributed by atoms with van der Waals surface area (Å²) in [4.78, 5) is 11.2. The zero-order valence-electron chi connectivity index (χ0n) is 13.5. The van der Waals surface area contributed by atoms with Crippen molar-refractivity contribution in [3.63, 3.8) is 0 Å². The fourth-order valence-electron chi connectivity index (χ4n) is 1.96. The molecule has 0 saturated heterocycles. The summed E-state index contributed by atoms with van der Waals surface area (Å²) in [6.45, 7) is 8.60. The number of primary amides is 1. The maximum atomic E-state index is 11.2. The highest BCUT2D eigenvalue weighted by Gasteiger charge is 2.04. The van der Waals surface area contributed by atoms with Gasteiger partial charge in [-0.15, -0.1) is 0 Å². The van der Waals surface area contributed by atoms with Gasteiger partial charge in [0.15, 0.2) is 0 Å². The van der Waals surface area contributed by atoms with Gasteiger partial charge < -0.3 is 11.5 Å². The number of anilines is 1. The van der Waals surface area contributed by atoms with Crippen molar-refractivity contribution in [1.82, 2.24) is 0 Å². The molecule has 1 aromatic rings. The van der Waals surface area contributed by atoms with Gasteiger partial charge in [-0.1, -0.05) is 22.8 Å². The molecule has 1 aromatic carbocycles. The van der Waals surface area contributed by atoms with E-state index in [1.165, 1.54) is 16.7 Å². The number of hydrogen-bond acceptors (Lipinski definition) is 2. The molecule has 21 heavy (non-hydrogen) atoms. The predicted molar refractivity (Wildman–Crippen MR) is 90.1 cm³/mol. The highest BCUT2D eigenvalue weighted by molar-refractivity contribution is 5.93. The molecule has 114 valence electrons. The van der Waals surface area contributed by atoms with Gasteiger partial charge in [0.1, 0.15) is 0 Å². The van der Waals surface area contributed by atoms with E-state index in [1.54, 1.807) is 18.2 Å². The van der Waals surface area contributed by atoms with Crippen molar-refractivity contribution in [3.8, 4) is 0 Å². The summed E-state index contributed by atoms with van der Waals surface area (Å²) in [7, 11) is 0. The van der Waals surface area contributed by atoms with Gasteiger partial charge in [0.2, 0.25) is 5.91 Å². The Kier molecular flexibility index (Phi) is 6.22. The van der Waals surface area contributed by atoms with Gasteiger partial charge in [0.25, 0.3) is 0 Å². The van der Waals surface area contributed by atoms with Crippen molar-refractivity contribution >= 4 is 11.6 Å². The zero-order chi connectivity index (χ0) is 16.0. The molecule has 4 N–H and O–H groups in total. The second-order valence-electron chi connectivity index (χ2n) is 5.81. The van der Waals surface area contributed by atoms with E-state index in [4.69, 9.17) is 11.5 Å². The molecule has 3 heteroatoms. The topological polar surface area (TPSA) is 69.1 Å². The predicted octanol–water partition coefficient (Wildman–Crippen LogP) is 3.99. The van der Waals surface area contributed by atoms with Crippen molar-refractivity contribution < 1.29 is 4.79 Å². The van der Waals surface area contributed by atoms with E-state index in [0.717, 1.165) is 24.8 Å². The summed E-state index contributed by atoms with van der Waals surface area (Å²) in [5, 5.41) is 0. The van der Waals surface area contributed by atoms with Crippen LogP contribution in [0, 0.1) is 0 Å². The minimum absolute atomic E-state index is 0.420. The Hall–Kier alpha value is -2.03. The molecule has 0 heterocycles. The Morgan fingerprint density at radius 1 is 1.14 bits per heavy atom. The molecule has 0 radical (unpaired) electrons. The summed E-state index contributed by atoms with van der Waals surface area (Å²) in [5.74, 6) is -0.420. The Morgan fingerprint density at radius 3 is 2.38 bits per heavy atom. The second-order valence-corrected chi connectivity index (χ2v) is 5.81. The van der Waals surface area contributed by atoms with Gasteiger partial charge in [-0.05, 0) is 70.7 Å². The number of carbonyl (C=O) groups excluding carboxylic acids is 1. The molecule has 1 rings (SSSR count). The van der Waals surface area contributed by atoms with E-state index in [-0.39, 0.29) is 0 Å². The molecule has 0 saturated carbocycles. The molecule has 0 spiro atoms. The Bertz CT molecular complexity index is 579. The molecule has 0 aromatic heterocycles. The van der Waals surface area contributed by atoms with Crippen LogP contribution in [-0.4, -0.2) is 5.91 Å². The largest absolute Gasteiger partial charge is 0.398 e. The van der Waals surface area contributed by atoms with E-state index >= 15 is 0 Å². The van der Waals surface area contributed by atoms with E-state index < -0.39 is 5.91 Å². The van der Waals surface area contributed by atoms with Crippen LogP contribution in [0.25, 0.3) is 0 Å². The van der Waals surface area contributed by atoms with Crippen molar-refractivity contribution in [3.05, 3.63) is 52.1 Å². The maximum absolute atomic E-state index is 11.2. The van der Waals surface area contributed by atoms with Crippen LogP contribution in [0.3, 0.4) is 0 Å². The molecule has 0 fully saturated rings. The van der Waals surface area contributed by atoms with Crippen LogP contribution in [0.5, 0.6) is 0 Å². The fraction of sp³-hybridized carbons (Fsp3) is 0.389. The van der Waals surface area contributed by atoms with Gasteiger partial charge in [0.05, 0.1) is 0 Å². The lowest BCUT2D eigenvalue weighted by Crippen LogP contribution is -2.11. The first-order valence-corrected chi connectivity index (χ1v) is 7.28. The molecule has 0 aliphatic rings. The van der Waals surface area contributed by atoms with E-state index in [0.29, 0.717) is 11.3 Å². The van der Waals surface area contributed by atoms with Crippen LogP contribution < -0.4 is 11.5 Å². The molecular formula is C18H26N2O. The number of carbonyl (C=O) groups is 1. The number of rotatable bonds is 6. The van der Waals surface area contributed by atoms with Crippen LogP contribution in [-0.2, 0) is 6.42 Å². The lowest BCUT2D eigenvalue weighted by Gasteiger charge is -2.07. The van der Waals surface area contributed by atoms with E-state index in [1.807, 2.05) is 0 Å². The van der Waals surface area contributed by atoms with Crippen LogP contribution in [0.1, 0.15) is 56.5 Å². The average molecular weight is 286 g/mol. The first-order valence-electron chi connectivity index (χ1n) is 7.28. The molecule has 0 aliphatic carbocycles. The number of nitrogens with two attached hydrogens (primary N) is 2. The molecule has 1 amide bonds. The van der Waals surface area contributed by atoms with Gasteiger partial charge >= 0.3 is 0 Å². The molecular weight excluding hydrogens is 260 g/mol. The van der Waals surface area contributed by atoms with Crippen molar-refractivity contribution in [1.29, 1.82) is 0 Å². The lowest BCUT2D eigenvalue weighted by atomic mass is 10.0. The molecule has 0 unspecified atom stereocenters.